The number of hydrogen-bond acceptors (Lipinski definition) is 2. The molecule has 0 bridgehead atoms. The van der Waals surface area contributed by atoms with Crippen LogP contribution in [0.1, 0.15) is 62.3 Å². The molecule has 0 amide bonds. The molecule has 0 radical (unpaired) electrons. The van der Waals surface area contributed by atoms with Gasteiger partial charge < -0.3 is 5.73 Å². The summed E-state index contributed by atoms with van der Waals surface area (Å²) in [5.74, 6) is 0. The first-order chi connectivity index (χ1) is 7.40. The smallest absolute Gasteiger partial charge is 0.0334 e. The van der Waals surface area contributed by atoms with Crippen molar-refractivity contribution in [1.29, 1.82) is 0 Å². The Morgan fingerprint density at radius 1 is 0.941 bits per heavy atom. The van der Waals surface area contributed by atoms with E-state index in [2.05, 4.69) is 67.0 Å². The molecular weight excluding hydrogens is 228 g/mol. The summed E-state index contributed by atoms with van der Waals surface area (Å²) < 4.78 is 4.23. The lowest BCUT2D eigenvalue weighted by Crippen LogP contribution is -2.55. The van der Waals surface area contributed by atoms with Crippen LogP contribution in [-0.2, 0) is 0 Å². The van der Waals surface area contributed by atoms with Gasteiger partial charge >= 0.3 is 0 Å². The first-order valence-electron chi connectivity index (χ1n) is 6.70. The van der Waals surface area contributed by atoms with Crippen molar-refractivity contribution in [3.8, 4) is 0 Å². The Balaban J connectivity index is 5.52. The fourth-order valence-electron chi connectivity index (χ4n) is 2.85. The molecule has 0 aromatic carbocycles. The van der Waals surface area contributed by atoms with E-state index in [0.717, 1.165) is 0 Å². The summed E-state index contributed by atoms with van der Waals surface area (Å²) in [6, 6.07) is 0. The van der Waals surface area contributed by atoms with Crippen molar-refractivity contribution in [2.45, 2.75) is 83.1 Å². The molecule has 0 fully saturated rings. The van der Waals surface area contributed by atoms with E-state index in [9.17, 15) is 0 Å². The third kappa shape index (κ3) is 3.62. The molecule has 0 spiro atoms. The molecule has 0 aliphatic rings. The van der Waals surface area contributed by atoms with E-state index < -0.39 is 10.2 Å². The van der Waals surface area contributed by atoms with Gasteiger partial charge in [0, 0.05) is 16.8 Å². The quantitative estimate of drug-likeness (QED) is 0.794. The van der Waals surface area contributed by atoms with E-state index in [-0.39, 0.29) is 10.3 Å². The monoisotopic (exact) mass is 262 g/mol. The van der Waals surface area contributed by atoms with E-state index in [1.54, 1.807) is 0 Å². The van der Waals surface area contributed by atoms with Gasteiger partial charge in [-0.2, -0.15) is 10.2 Å². The first kappa shape index (κ1) is 17.3. The summed E-state index contributed by atoms with van der Waals surface area (Å²) >= 11 is 0. The van der Waals surface area contributed by atoms with Gasteiger partial charge in [0.1, 0.15) is 0 Å². The largest absolute Gasteiger partial charge is 0.329 e. The third-order valence-electron chi connectivity index (χ3n) is 3.46. The Morgan fingerprint density at radius 2 is 1.29 bits per heavy atom. The standard InChI is InChI=1S/C14H34N2S/c1-11(2)17(12(3)4,13(5,6)7)16-14(8,9)10-15/h11-12,16H,10,15H2,1-9H3. The van der Waals surface area contributed by atoms with Gasteiger partial charge in [0.05, 0.1) is 0 Å². The highest BCUT2D eigenvalue weighted by atomic mass is 32.3. The minimum absolute atomic E-state index is 0.0111. The fraction of sp³-hybridized carbons (Fsp3) is 1.00. The van der Waals surface area contributed by atoms with E-state index in [4.69, 9.17) is 5.73 Å². The van der Waals surface area contributed by atoms with Crippen molar-refractivity contribution in [3.05, 3.63) is 0 Å². The number of rotatable bonds is 5. The molecule has 2 nitrogen and oxygen atoms in total. The van der Waals surface area contributed by atoms with Crippen LogP contribution in [0.3, 0.4) is 0 Å². The summed E-state index contributed by atoms with van der Waals surface area (Å²) in [7, 11) is -0.946. The lowest BCUT2D eigenvalue weighted by atomic mass is 10.1. The van der Waals surface area contributed by atoms with Crippen LogP contribution in [0.25, 0.3) is 0 Å². The molecule has 0 rings (SSSR count). The molecule has 0 unspecified atom stereocenters. The van der Waals surface area contributed by atoms with E-state index >= 15 is 0 Å². The molecular formula is C14H34N2S. The molecule has 106 valence electrons. The van der Waals surface area contributed by atoms with Crippen LogP contribution < -0.4 is 10.5 Å². The maximum atomic E-state index is 5.91. The average molecular weight is 263 g/mol. The molecule has 0 aliphatic heterocycles. The van der Waals surface area contributed by atoms with E-state index in [0.29, 0.717) is 17.0 Å². The second-order valence-electron chi connectivity index (χ2n) is 7.11. The molecule has 0 saturated carbocycles. The normalized spacial score (nSPS) is 15.8. The van der Waals surface area contributed by atoms with Gasteiger partial charge in [-0.05, 0) is 24.3 Å². The SMILES string of the molecule is CC(C)S(NC(C)(C)CN)(C(C)C)C(C)(C)C. The number of nitrogens with one attached hydrogen (secondary N) is 1. The van der Waals surface area contributed by atoms with E-state index in [1.807, 2.05) is 0 Å². The Labute approximate surface area is 111 Å². The molecule has 3 N–H and O–H groups in total. The maximum Gasteiger partial charge on any atom is 0.0334 e. The van der Waals surface area contributed by atoms with Crippen LogP contribution in [0.5, 0.6) is 0 Å². The van der Waals surface area contributed by atoms with E-state index in [1.165, 1.54) is 0 Å². The minimum Gasteiger partial charge on any atom is -0.329 e. The molecule has 0 aromatic rings. The molecule has 0 saturated heterocycles. The summed E-state index contributed by atoms with van der Waals surface area (Å²) in [6.07, 6.45) is 0. The average Bonchev–Trinajstić information content (AvgIpc) is 2.11. The third-order valence-corrected chi connectivity index (χ3v) is 9.35. The van der Waals surface area contributed by atoms with Crippen molar-refractivity contribution in [2.24, 2.45) is 5.73 Å². The molecule has 0 heterocycles. The zero-order valence-corrected chi connectivity index (χ0v) is 14.2. The van der Waals surface area contributed by atoms with Gasteiger partial charge in [-0.1, -0.05) is 48.5 Å². The van der Waals surface area contributed by atoms with Crippen LogP contribution in [-0.4, -0.2) is 27.3 Å². The predicted octanol–water partition coefficient (Wildman–Crippen LogP) is 3.65. The fourth-order valence-corrected chi connectivity index (χ4v) is 8.54. The highest BCUT2D eigenvalue weighted by Crippen LogP contribution is 2.63. The van der Waals surface area contributed by atoms with Gasteiger partial charge in [-0.3, -0.25) is 4.72 Å². The lowest BCUT2D eigenvalue weighted by Gasteiger charge is -2.60. The van der Waals surface area contributed by atoms with Crippen molar-refractivity contribution in [2.75, 3.05) is 6.54 Å². The molecule has 0 atom stereocenters. The second kappa shape index (κ2) is 5.50. The number of nitrogens with two attached hydrogens (primary N) is 1. The minimum atomic E-state index is -0.946. The highest BCUT2D eigenvalue weighted by Gasteiger charge is 2.44. The Kier molecular flexibility index (Phi) is 5.58. The van der Waals surface area contributed by atoms with Crippen LogP contribution in [0, 0.1) is 0 Å². The molecule has 0 aliphatic carbocycles. The van der Waals surface area contributed by atoms with Gasteiger partial charge in [0.2, 0.25) is 0 Å². The molecule has 3 heteroatoms. The Hall–Kier alpha value is 0.270. The van der Waals surface area contributed by atoms with Crippen LogP contribution in [0.2, 0.25) is 0 Å². The van der Waals surface area contributed by atoms with Crippen LogP contribution in [0.4, 0.5) is 0 Å². The van der Waals surface area contributed by atoms with Gasteiger partial charge in [0.25, 0.3) is 0 Å². The van der Waals surface area contributed by atoms with Crippen molar-refractivity contribution < 1.29 is 0 Å². The summed E-state index contributed by atoms with van der Waals surface area (Å²) in [6.45, 7) is 21.6. The zero-order valence-electron chi connectivity index (χ0n) is 13.3. The van der Waals surface area contributed by atoms with Gasteiger partial charge in [-0.15, -0.1) is 0 Å². The van der Waals surface area contributed by atoms with Gasteiger partial charge in [-0.25, -0.2) is 0 Å². The van der Waals surface area contributed by atoms with Crippen LogP contribution >= 0.6 is 10.2 Å². The Morgan fingerprint density at radius 3 is 1.47 bits per heavy atom. The number of hydrogen-bond donors (Lipinski definition) is 2. The van der Waals surface area contributed by atoms with Crippen molar-refractivity contribution in [1.82, 2.24) is 4.72 Å². The van der Waals surface area contributed by atoms with Gasteiger partial charge in [0.15, 0.2) is 0 Å². The van der Waals surface area contributed by atoms with Crippen molar-refractivity contribution >= 4 is 10.2 Å². The predicted molar refractivity (Wildman–Crippen MR) is 83.9 cm³/mol. The summed E-state index contributed by atoms with van der Waals surface area (Å²) in [5, 5.41) is 1.29. The second-order valence-corrected chi connectivity index (χ2v) is 11.8. The van der Waals surface area contributed by atoms with Crippen molar-refractivity contribution in [3.63, 3.8) is 0 Å². The lowest BCUT2D eigenvalue weighted by molar-refractivity contribution is 0.478. The summed E-state index contributed by atoms with van der Waals surface area (Å²) in [5.41, 5.74) is 5.92. The molecule has 17 heavy (non-hydrogen) atoms. The molecule has 0 aromatic heterocycles. The zero-order chi connectivity index (χ0) is 14.1. The van der Waals surface area contributed by atoms with Crippen LogP contribution in [0.15, 0.2) is 0 Å². The Bertz CT molecular complexity index is 231. The highest BCUT2D eigenvalue weighted by molar-refractivity contribution is 8.34. The maximum absolute atomic E-state index is 5.91. The summed E-state index contributed by atoms with van der Waals surface area (Å²) in [4.78, 5) is 0. The topological polar surface area (TPSA) is 38.0 Å². The first-order valence-corrected chi connectivity index (χ1v) is 8.46.